The van der Waals surface area contributed by atoms with Gasteiger partial charge in [-0.05, 0) is 33.6 Å². The first kappa shape index (κ1) is 9.46. The number of hydrogen-bond acceptors (Lipinski definition) is 3. The van der Waals surface area contributed by atoms with Gasteiger partial charge in [0.15, 0.2) is 0 Å². The first-order valence-electron chi connectivity index (χ1n) is 5.50. The maximum atomic E-state index is 11.9. The van der Waals surface area contributed by atoms with E-state index in [1.54, 1.807) is 4.90 Å². The third kappa shape index (κ3) is 0.893. The van der Waals surface area contributed by atoms with Crippen molar-refractivity contribution in [3.8, 4) is 0 Å². The SMILES string of the molecule is CC(C)(C)OC(=O)N1C(CO)C23CC12C3. The van der Waals surface area contributed by atoms with E-state index in [4.69, 9.17) is 4.74 Å². The topological polar surface area (TPSA) is 49.8 Å². The zero-order valence-electron chi connectivity index (χ0n) is 9.41. The van der Waals surface area contributed by atoms with Gasteiger partial charge >= 0.3 is 6.09 Å². The minimum atomic E-state index is -0.449. The molecule has 1 unspecified atom stereocenters. The number of likely N-dealkylation sites (tertiary alicyclic amines) is 1. The monoisotopic (exact) mass is 211 g/mol. The smallest absolute Gasteiger partial charge is 0.411 e. The summed E-state index contributed by atoms with van der Waals surface area (Å²) in [6.07, 6.45) is 1.89. The third-order valence-corrected chi connectivity index (χ3v) is 4.07. The Bertz CT molecular complexity index is 338. The highest BCUT2D eigenvalue weighted by Crippen LogP contribution is 2.91. The third-order valence-electron chi connectivity index (χ3n) is 4.07. The minimum Gasteiger partial charge on any atom is -0.444 e. The van der Waals surface area contributed by atoms with E-state index in [-0.39, 0.29) is 24.3 Å². The summed E-state index contributed by atoms with van der Waals surface area (Å²) in [6.45, 7) is 5.66. The standard InChI is InChI=1S/C11H17NO3/c1-9(2,3)15-8(14)12-7(4-13)10-5-11(10,12)6-10/h7,13H,4-6H2,1-3H3. The molecule has 1 heterocycles. The fraction of sp³-hybridized carbons (Fsp3) is 0.909. The Labute approximate surface area is 89.2 Å². The van der Waals surface area contributed by atoms with Crippen LogP contribution in [0.1, 0.15) is 33.6 Å². The van der Waals surface area contributed by atoms with E-state index in [2.05, 4.69) is 0 Å². The number of carbonyl (C=O) groups is 1. The molecule has 0 bridgehead atoms. The van der Waals surface area contributed by atoms with E-state index in [9.17, 15) is 9.90 Å². The molecule has 1 N–H and O–H groups in total. The Morgan fingerprint density at radius 3 is 2.60 bits per heavy atom. The molecule has 3 rings (SSSR count). The second kappa shape index (κ2) is 2.17. The van der Waals surface area contributed by atoms with Crippen molar-refractivity contribution >= 4 is 6.09 Å². The Hall–Kier alpha value is -0.770. The van der Waals surface area contributed by atoms with Gasteiger partial charge in [-0.1, -0.05) is 0 Å². The molecule has 0 radical (unpaired) electrons. The van der Waals surface area contributed by atoms with Crippen molar-refractivity contribution in [1.29, 1.82) is 0 Å². The van der Waals surface area contributed by atoms with Crippen LogP contribution >= 0.6 is 0 Å². The van der Waals surface area contributed by atoms with Crippen molar-refractivity contribution in [2.24, 2.45) is 5.41 Å². The van der Waals surface area contributed by atoms with Gasteiger partial charge in [-0.25, -0.2) is 4.79 Å². The molecule has 84 valence electrons. The Morgan fingerprint density at radius 2 is 2.13 bits per heavy atom. The van der Waals surface area contributed by atoms with Crippen LogP contribution in [0, 0.1) is 5.41 Å². The number of aliphatic hydroxyl groups excluding tert-OH is 1. The second-order valence-electron chi connectivity index (χ2n) is 6.09. The van der Waals surface area contributed by atoms with Crippen molar-refractivity contribution in [2.45, 2.75) is 50.8 Å². The van der Waals surface area contributed by atoms with Crippen molar-refractivity contribution < 1.29 is 14.6 Å². The lowest BCUT2D eigenvalue weighted by molar-refractivity contribution is -0.0205. The van der Waals surface area contributed by atoms with Crippen molar-refractivity contribution in [2.75, 3.05) is 6.61 Å². The van der Waals surface area contributed by atoms with E-state index < -0.39 is 5.60 Å². The lowest BCUT2D eigenvalue weighted by Crippen LogP contribution is -2.55. The van der Waals surface area contributed by atoms with E-state index in [0.717, 1.165) is 12.8 Å². The van der Waals surface area contributed by atoms with Gasteiger partial charge in [0.1, 0.15) is 5.60 Å². The van der Waals surface area contributed by atoms with Crippen LogP contribution in [0.15, 0.2) is 0 Å². The fourth-order valence-electron chi connectivity index (χ4n) is 3.21. The van der Waals surface area contributed by atoms with E-state index in [1.807, 2.05) is 20.8 Å². The predicted octanol–water partition coefficient (Wildman–Crippen LogP) is 1.13. The van der Waals surface area contributed by atoms with Crippen LogP contribution in [0.3, 0.4) is 0 Å². The Balaban J connectivity index is 1.71. The largest absolute Gasteiger partial charge is 0.444 e. The maximum absolute atomic E-state index is 11.9. The maximum Gasteiger partial charge on any atom is 0.411 e. The van der Waals surface area contributed by atoms with Gasteiger partial charge in [0.05, 0.1) is 18.2 Å². The Kier molecular flexibility index (Phi) is 1.37. The summed E-state index contributed by atoms with van der Waals surface area (Å²) in [7, 11) is 0. The van der Waals surface area contributed by atoms with Gasteiger partial charge in [0, 0.05) is 5.41 Å². The van der Waals surface area contributed by atoms with Crippen LogP contribution < -0.4 is 0 Å². The molecule has 1 aliphatic heterocycles. The van der Waals surface area contributed by atoms with Crippen molar-refractivity contribution in [1.82, 2.24) is 4.90 Å². The van der Waals surface area contributed by atoms with E-state index >= 15 is 0 Å². The molecular weight excluding hydrogens is 194 g/mol. The highest BCUT2D eigenvalue weighted by molar-refractivity contribution is 5.77. The zero-order valence-corrected chi connectivity index (χ0v) is 9.41. The summed E-state index contributed by atoms with van der Waals surface area (Å²) in [5.74, 6) is 0. The minimum absolute atomic E-state index is 0.0207. The van der Waals surface area contributed by atoms with E-state index in [1.165, 1.54) is 0 Å². The molecule has 3 aliphatic rings. The molecule has 0 aromatic rings. The van der Waals surface area contributed by atoms with Gasteiger partial charge in [-0.15, -0.1) is 0 Å². The molecule has 0 spiro atoms. The summed E-state index contributed by atoms with van der Waals surface area (Å²) < 4.78 is 5.34. The van der Waals surface area contributed by atoms with Gasteiger partial charge in [0.2, 0.25) is 0 Å². The van der Waals surface area contributed by atoms with Crippen LogP contribution in [0.4, 0.5) is 4.79 Å². The van der Waals surface area contributed by atoms with Crippen LogP contribution in [0.5, 0.6) is 0 Å². The van der Waals surface area contributed by atoms with Crippen LogP contribution in [-0.2, 0) is 4.74 Å². The molecule has 0 aromatic carbocycles. The van der Waals surface area contributed by atoms with Crippen LogP contribution in [-0.4, -0.2) is 39.9 Å². The first-order valence-corrected chi connectivity index (χ1v) is 5.50. The average molecular weight is 211 g/mol. The molecular formula is C11H17NO3. The number of carbonyl (C=O) groups excluding carboxylic acids is 1. The normalized spacial score (nSPS) is 45.1. The summed E-state index contributed by atoms with van der Waals surface area (Å²) >= 11 is 0. The van der Waals surface area contributed by atoms with Crippen molar-refractivity contribution in [3.63, 3.8) is 0 Å². The number of amides is 1. The molecule has 2 aliphatic carbocycles. The number of ether oxygens (including phenoxy) is 1. The zero-order chi connectivity index (χ0) is 11.1. The average Bonchev–Trinajstić information content (AvgIpc) is 2.65. The number of nitrogens with zero attached hydrogens (tertiary/aromatic N) is 1. The first-order chi connectivity index (χ1) is 6.86. The lowest BCUT2D eigenvalue weighted by Gasteiger charge is -2.39. The van der Waals surface area contributed by atoms with Crippen molar-refractivity contribution in [3.05, 3.63) is 0 Å². The molecule has 0 aromatic heterocycles. The quantitative estimate of drug-likeness (QED) is 0.707. The van der Waals surface area contributed by atoms with Crippen LogP contribution in [0.25, 0.3) is 0 Å². The molecule has 15 heavy (non-hydrogen) atoms. The number of hydrogen-bond donors (Lipinski definition) is 1. The molecule has 1 saturated heterocycles. The summed E-state index contributed by atoms with van der Waals surface area (Å²) in [5, 5.41) is 9.24. The summed E-state index contributed by atoms with van der Waals surface area (Å²) in [6, 6.07) is 0.0207. The molecule has 1 atom stereocenters. The van der Waals surface area contributed by atoms with Crippen LogP contribution in [0.2, 0.25) is 0 Å². The van der Waals surface area contributed by atoms with Gasteiger partial charge in [0.25, 0.3) is 0 Å². The molecule has 3 fully saturated rings. The molecule has 4 nitrogen and oxygen atoms in total. The molecule has 2 saturated carbocycles. The second-order valence-corrected chi connectivity index (χ2v) is 6.09. The van der Waals surface area contributed by atoms with Gasteiger partial charge in [-0.2, -0.15) is 0 Å². The Morgan fingerprint density at radius 1 is 1.53 bits per heavy atom. The predicted molar refractivity (Wildman–Crippen MR) is 53.3 cm³/mol. The lowest BCUT2D eigenvalue weighted by atomic mass is 10.0. The summed E-state index contributed by atoms with van der Waals surface area (Å²) in [4.78, 5) is 13.6. The highest BCUT2D eigenvalue weighted by atomic mass is 16.6. The summed E-state index contributed by atoms with van der Waals surface area (Å²) in [5.41, 5.74) is -0.0306. The molecule has 4 heteroatoms. The van der Waals surface area contributed by atoms with Gasteiger partial charge in [-0.3, -0.25) is 4.90 Å². The number of rotatable bonds is 1. The number of aliphatic hydroxyl groups is 1. The molecule has 1 amide bonds. The fourth-order valence-corrected chi connectivity index (χ4v) is 3.21. The highest BCUT2D eigenvalue weighted by Gasteiger charge is 2.98. The van der Waals surface area contributed by atoms with Gasteiger partial charge < -0.3 is 9.84 Å². The van der Waals surface area contributed by atoms with E-state index in [0.29, 0.717) is 5.41 Å².